The molecule has 4 nitrogen and oxygen atoms in total. The highest BCUT2D eigenvalue weighted by atomic mass is 35.5. The number of nitrogens with one attached hydrogen (secondary N) is 1. The van der Waals surface area contributed by atoms with Crippen molar-refractivity contribution in [2.45, 2.75) is 23.5 Å². The molecule has 1 atom stereocenters. The molecule has 2 aromatic rings. The van der Waals surface area contributed by atoms with Crippen LogP contribution in [-0.2, 0) is 4.79 Å². The molecule has 0 saturated carbocycles. The van der Waals surface area contributed by atoms with Gasteiger partial charge in [-0.1, -0.05) is 34.8 Å². The topological polar surface area (TPSA) is 47.6 Å². The first kappa shape index (κ1) is 19.5. The number of anilines is 1. The summed E-state index contributed by atoms with van der Waals surface area (Å²) in [5.74, 6) is 1.21. The Hall–Kier alpha value is -1.27. The van der Waals surface area contributed by atoms with Gasteiger partial charge in [0.1, 0.15) is 0 Å². The number of thioether (sulfide) groups is 1. The molecule has 0 fully saturated rings. The predicted octanol–water partition coefficient (Wildman–Crippen LogP) is 5.93. The van der Waals surface area contributed by atoms with Crippen molar-refractivity contribution >= 4 is 58.2 Å². The number of carbonyl (C=O) groups excluding carboxylic acids is 1. The highest BCUT2D eigenvalue weighted by Gasteiger charge is 2.19. The lowest BCUT2D eigenvalue weighted by Crippen LogP contribution is -2.22. The summed E-state index contributed by atoms with van der Waals surface area (Å²) in [5.41, 5.74) is 0.355. The molecule has 26 heavy (non-hydrogen) atoms. The molecule has 8 heteroatoms. The van der Waals surface area contributed by atoms with Gasteiger partial charge in [0.2, 0.25) is 5.91 Å². The summed E-state index contributed by atoms with van der Waals surface area (Å²) in [6, 6.07) is 8.72. The van der Waals surface area contributed by atoms with Gasteiger partial charge in [-0.05, 0) is 37.3 Å². The van der Waals surface area contributed by atoms with E-state index in [1.807, 2.05) is 18.2 Å². The Morgan fingerprint density at radius 2 is 1.73 bits per heavy atom. The maximum absolute atomic E-state index is 12.5. The lowest BCUT2D eigenvalue weighted by Gasteiger charge is -2.15. The molecule has 1 aliphatic heterocycles. The van der Waals surface area contributed by atoms with Gasteiger partial charge in [0.25, 0.3) is 0 Å². The van der Waals surface area contributed by atoms with Gasteiger partial charge in [0.05, 0.1) is 34.2 Å². The second-order valence-electron chi connectivity index (χ2n) is 5.65. The molecule has 0 radical (unpaired) electrons. The number of fused-ring (bicyclic) bond motifs is 1. The summed E-state index contributed by atoms with van der Waals surface area (Å²) >= 11 is 19.5. The minimum atomic E-state index is -0.373. The highest BCUT2D eigenvalue weighted by molar-refractivity contribution is 8.00. The van der Waals surface area contributed by atoms with E-state index in [1.165, 1.54) is 23.9 Å². The molecule has 1 amide bonds. The number of ether oxygens (including phenoxy) is 2. The monoisotopic (exact) mass is 431 g/mol. The quantitative estimate of drug-likeness (QED) is 0.608. The largest absolute Gasteiger partial charge is 0.490 e. The molecule has 1 aliphatic rings. The summed E-state index contributed by atoms with van der Waals surface area (Å²) in [6.07, 6.45) is 0.846. The minimum absolute atomic E-state index is 0.215. The van der Waals surface area contributed by atoms with Gasteiger partial charge in [-0.3, -0.25) is 4.79 Å². The molecule has 0 bridgehead atoms. The van der Waals surface area contributed by atoms with Crippen LogP contribution in [0.25, 0.3) is 0 Å². The zero-order valence-corrected chi connectivity index (χ0v) is 16.9. The van der Waals surface area contributed by atoms with Crippen LogP contribution in [0, 0.1) is 0 Å². The van der Waals surface area contributed by atoms with E-state index in [0.29, 0.717) is 39.7 Å². The van der Waals surface area contributed by atoms with Gasteiger partial charge in [-0.2, -0.15) is 0 Å². The van der Waals surface area contributed by atoms with E-state index in [1.54, 1.807) is 6.92 Å². The van der Waals surface area contributed by atoms with Crippen LogP contribution < -0.4 is 14.8 Å². The molecule has 0 spiro atoms. The smallest absolute Gasteiger partial charge is 0.237 e. The Kier molecular flexibility index (Phi) is 6.46. The van der Waals surface area contributed by atoms with Crippen LogP contribution in [0.3, 0.4) is 0 Å². The number of hydrogen-bond acceptors (Lipinski definition) is 4. The molecule has 3 rings (SSSR count). The van der Waals surface area contributed by atoms with Crippen molar-refractivity contribution in [1.29, 1.82) is 0 Å². The van der Waals surface area contributed by atoms with Gasteiger partial charge in [0.15, 0.2) is 11.5 Å². The van der Waals surface area contributed by atoms with Gasteiger partial charge in [0, 0.05) is 16.3 Å². The highest BCUT2D eigenvalue weighted by Crippen LogP contribution is 2.37. The Labute approximate surface area is 171 Å². The molecule has 1 unspecified atom stereocenters. The summed E-state index contributed by atoms with van der Waals surface area (Å²) in [7, 11) is 0. The molecule has 138 valence electrons. The Bertz CT molecular complexity index is 808. The van der Waals surface area contributed by atoms with Crippen molar-refractivity contribution in [2.75, 3.05) is 18.5 Å². The fraction of sp³-hybridized carbons (Fsp3) is 0.278. The van der Waals surface area contributed by atoms with E-state index in [9.17, 15) is 4.79 Å². The predicted molar refractivity (Wildman–Crippen MR) is 107 cm³/mol. The number of carbonyl (C=O) groups is 1. The Morgan fingerprint density at radius 3 is 2.42 bits per heavy atom. The third kappa shape index (κ3) is 4.71. The molecule has 0 aromatic heterocycles. The van der Waals surface area contributed by atoms with Crippen LogP contribution in [-0.4, -0.2) is 24.4 Å². The van der Waals surface area contributed by atoms with Crippen LogP contribution in [0.4, 0.5) is 5.69 Å². The fourth-order valence-electron chi connectivity index (χ4n) is 2.36. The van der Waals surface area contributed by atoms with E-state index in [-0.39, 0.29) is 11.2 Å². The summed E-state index contributed by atoms with van der Waals surface area (Å²) in [6.45, 7) is 3.06. The maximum Gasteiger partial charge on any atom is 0.237 e. The van der Waals surface area contributed by atoms with Crippen LogP contribution in [0.1, 0.15) is 13.3 Å². The summed E-state index contributed by atoms with van der Waals surface area (Å²) < 4.78 is 11.3. The van der Waals surface area contributed by atoms with Crippen molar-refractivity contribution < 1.29 is 14.3 Å². The number of amides is 1. The molecular formula is C18H16Cl3NO3S. The number of hydrogen-bond donors (Lipinski definition) is 1. The lowest BCUT2D eigenvalue weighted by atomic mass is 10.3. The summed E-state index contributed by atoms with van der Waals surface area (Å²) in [5, 5.41) is 3.39. The van der Waals surface area contributed by atoms with Crippen molar-refractivity contribution in [3.05, 3.63) is 45.4 Å². The van der Waals surface area contributed by atoms with Crippen LogP contribution >= 0.6 is 46.6 Å². The molecule has 1 N–H and O–H groups in total. The fourth-order valence-corrected chi connectivity index (χ4v) is 4.17. The number of benzene rings is 2. The zero-order chi connectivity index (χ0) is 18.7. The SMILES string of the molecule is CC(Sc1ccc2c(c1)OCCCO2)C(=O)Nc1c(Cl)cc(Cl)cc1Cl. The van der Waals surface area contributed by atoms with Crippen LogP contribution in [0.15, 0.2) is 35.2 Å². The van der Waals surface area contributed by atoms with Gasteiger partial charge in [-0.15, -0.1) is 11.8 Å². The van der Waals surface area contributed by atoms with Crippen LogP contribution in [0.2, 0.25) is 15.1 Å². The minimum Gasteiger partial charge on any atom is -0.490 e. The first-order valence-electron chi connectivity index (χ1n) is 7.96. The zero-order valence-electron chi connectivity index (χ0n) is 13.9. The normalized spacial score (nSPS) is 14.5. The number of halogens is 3. The van der Waals surface area contributed by atoms with Crippen molar-refractivity contribution in [3.8, 4) is 11.5 Å². The average Bonchev–Trinajstić information content (AvgIpc) is 2.82. The van der Waals surface area contributed by atoms with E-state index in [0.717, 1.165) is 17.1 Å². The molecule has 0 saturated heterocycles. The molecule has 0 aliphatic carbocycles. The van der Waals surface area contributed by atoms with E-state index in [2.05, 4.69) is 5.32 Å². The third-order valence-corrected chi connectivity index (χ3v) is 5.56. The second-order valence-corrected chi connectivity index (χ2v) is 8.32. The van der Waals surface area contributed by atoms with Gasteiger partial charge >= 0.3 is 0 Å². The van der Waals surface area contributed by atoms with Crippen LogP contribution in [0.5, 0.6) is 11.5 Å². The first-order chi connectivity index (χ1) is 12.4. The molecular weight excluding hydrogens is 417 g/mol. The van der Waals surface area contributed by atoms with E-state index < -0.39 is 0 Å². The molecule has 2 aromatic carbocycles. The maximum atomic E-state index is 12.5. The van der Waals surface area contributed by atoms with Gasteiger partial charge < -0.3 is 14.8 Å². The molecule has 1 heterocycles. The van der Waals surface area contributed by atoms with Crippen molar-refractivity contribution in [3.63, 3.8) is 0 Å². The Balaban J connectivity index is 1.69. The lowest BCUT2D eigenvalue weighted by molar-refractivity contribution is -0.115. The second kappa shape index (κ2) is 8.61. The van der Waals surface area contributed by atoms with E-state index in [4.69, 9.17) is 44.3 Å². The standard InChI is InChI=1S/C18H16Cl3NO3S/c1-10(18(23)22-17-13(20)7-11(19)8-14(17)21)26-12-3-4-15-16(9-12)25-6-2-5-24-15/h3-4,7-10H,2,5-6H2,1H3,(H,22,23). The van der Waals surface area contributed by atoms with Gasteiger partial charge in [-0.25, -0.2) is 0 Å². The van der Waals surface area contributed by atoms with Crippen molar-refractivity contribution in [1.82, 2.24) is 0 Å². The summed E-state index contributed by atoms with van der Waals surface area (Å²) in [4.78, 5) is 13.4. The Morgan fingerprint density at radius 1 is 1.08 bits per heavy atom. The third-order valence-electron chi connectivity index (χ3n) is 3.66. The average molecular weight is 433 g/mol. The van der Waals surface area contributed by atoms with Crippen molar-refractivity contribution in [2.24, 2.45) is 0 Å². The first-order valence-corrected chi connectivity index (χ1v) is 9.97. The number of rotatable bonds is 4. The van der Waals surface area contributed by atoms with E-state index >= 15 is 0 Å².